The first-order chi connectivity index (χ1) is 29.1. The quantitative estimate of drug-likeness (QED) is 0.0567. The maximum atomic E-state index is 13.1. The topological polar surface area (TPSA) is 139 Å². The number of carbonyl (C=O) groups excluding carboxylic acids is 6. The van der Waals surface area contributed by atoms with Gasteiger partial charge in [-0.2, -0.15) is 0 Å². The Morgan fingerprint density at radius 3 is 1.15 bits per heavy atom. The molecule has 0 saturated carbocycles. The molecule has 0 aliphatic heterocycles. The highest BCUT2D eigenvalue weighted by Crippen LogP contribution is 2.42. The molecule has 2 atom stereocenters. The van der Waals surface area contributed by atoms with Crippen LogP contribution in [-0.2, 0) is 47.7 Å². The monoisotopic (exact) mass is 848 g/mol. The fourth-order valence-corrected chi connectivity index (χ4v) is 6.77. The zero-order valence-corrected chi connectivity index (χ0v) is 38.5. The molecule has 2 aliphatic carbocycles. The van der Waals surface area contributed by atoms with E-state index >= 15 is 0 Å². The van der Waals surface area contributed by atoms with E-state index in [-0.39, 0.29) is 24.8 Å². The summed E-state index contributed by atoms with van der Waals surface area (Å²) in [6, 6.07) is 0. The van der Waals surface area contributed by atoms with Gasteiger partial charge in [0.25, 0.3) is 0 Å². The van der Waals surface area contributed by atoms with Gasteiger partial charge in [-0.25, -0.2) is 19.2 Å². The highest BCUT2D eigenvalue weighted by molar-refractivity contribution is 6.03. The van der Waals surface area contributed by atoms with Crippen molar-refractivity contribution in [3.8, 4) is 0 Å². The lowest BCUT2D eigenvalue weighted by atomic mass is 9.71. The van der Waals surface area contributed by atoms with Gasteiger partial charge in [-0.05, 0) is 88.5 Å². The summed E-state index contributed by atoms with van der Waals surface area (Å²) in [5.74, 6) is -3.36. The number of esters is 4. The van der Waals surface area contributed by atoms with E-state index in [0.29, 0.717) is 24.0 Å². The van der Waals surface area contributed by atoms with Gasteiger partial charge in [-0.15, -0.1) is 0 Å². The second kappa shape index (κ2) is 24.9. The molecule has 0 N–H and O–H groups in total. The first kappa shape index (κ1) is 52.0. The van der Waals surface area contributed by atoms with Crippen LogP contribution in [0.2, 0.25) is 0 Å². The number of rotatable bonds is 18. The van der Waals surface area contributed by atoms with Crippen molar-refractivity contribution in [2.45, 2.75) is 108 Å². The summed E-state index contributed by atoms with van der Waals surface area (Å²) in [6.07, 6.45) is 30.5. The minimum Gasteiger partial charge on any atom is -0.463 e. The number of hydrogen-bond donors (Lipinski definition) is 0. The maximum Gasteiger partial charge on any atom is 0.331 e. The lowest BCUT2D eigenvalue weighted by Crippen LogP contribution is -2.38. The molecule has 0 radical (unpaired) electrons. The summed E-state index contributed by atoms with van der Waals surface area (Å²) in [5.41, 5.74) is 6.07. The van der Waals surface area contributed by atoms with Gasteiger partial charge in [0, 0.05) is 37.1 Å². The van der Waals surface area contributed by atoms with Crippen LogP contribution < -0.4 is 0 Å². The van der Waals surface area contributed by atoms with Gasteiger partial charge in [-0.3, -0.25) is 9.59 Å². The molecule has 0 aromatic heterocycles. The molecule has 2 rings (SSSR count). The van der Waals surface area contributed by atoms with Gasteiger partial charge in [0.2, 0.25) is 0 Å². The van der Waals surface area contributed by atoms with E-state index in [0.717, 1.165) is 57.7 Å². The van der Waals surface area contributed by atoms with Crippen molar-refractivity contribution in [3.63, 3.8) is 0 Å². The maximum absolute atomic E-state index is 13.1. The van der Waals surface area contributed by atoms with E-state index in [4.69, 9.17) is 18.9 Å². The Balaban J connectivity index is 1.98. The van der Waals surface area contributed by atoms with E-state index in [2.05, 4.69) is 0 Å². The van der Waals surface area contributed by atoms with Crippen LogP contribution in [0.1, 0.15) is 95.9 Å². The molecule has 332 valence electrons. The molecule has 0 aromatic rings. The predicted octanol–water partition coefficient (Wildman–Crippen LogP) is 10.2. The number of Topliss-reactive ketones (excluding diaryl/α,β-unsaturated/α-hetero) is 2. The zero-order valence-electron chi connectivity index (χ0n) is 38.5. The third-order valence-electron chi connectivity index (χ3n) is 10.1. The minimum atomic E-state index is -0.935. The van der Waals surface area contributed by atoms with Gasteiger partial charge in [-0.1, -0.05) is 135 Å². The summed E-state index contributed by atoms with van der Waals surface area (Å²) in [6.45, 7) is 23.2. The van der Waals surface area contributed by atoms with Crippen molar-refractivity contribution in [1.29, 1.82) is 0 Å². The summed E-state index contributed by atoms with van der Waals surface area (Å²) in [5, 5.41) is 0. The molecule has 0 bridgehead atoms. The van der Waals surface area contributed by atoms with Gasteiger partial charge in [0.15, 0.2) is 23.8 Å². The third kappa shape index (κ3) is 17.4. The number of allylic oxidation sites excluding steroid dienone is 20. The molecule has 0 spiro atoms. The van der Waals surface area contributed by atoms with Crippen molar-refractivity contribution in [3.05, 3.63) is 154 Å². The van der Waals surface area contributed by atoms with E-state index < -0.39 is 46.9 Å². The van der Waals surface area contributed by atoms with Gasteiger partial charge >= 0.3 is 23.9 Å². The van der Waals surface area contributed by atoms with Crippen LogP contribution in [0.5, 0.6) is 0 Å². The molecular formula is C52H64O10. The average molecular weight is 849 g/mol. The first-order valence-corrected chi connectivity index (χ1v) is 20.8. The van der Waals surface area contributed by atoms with E-state index in [1.807, 2.05) is 140 Å². The van der Waals surface area contributed by atoms with Crippen LogP contribution >= 0.6 is 0 Å². The highest BCUT2D eigenvalue weighted by Gasteiger charge is 2.41. The van der Waals surface area contributed by atoms with Crippen LogP contribution in [0, 0.1) is 10.8 Å². The minimum absolute atomic E-state index is 0.190. The molecule has 0 fully saturated rings. The number of carbonyl (C=O) groups is 6. The largest absolute Gasteiger partial charge is 0.463 e. The Morgan fingerprint density at radius 2 is 0.806 bits per heavy atom. The smallest absolute Gasteiger partial charge is 0.331 e. The van der Waals surface area contributed by atoms with Crippen LogP contribution in [0.25, 0.3) is 0 Å². The number of hydrogen-bond acceptors (Lipinski definition) is 10. The van der Waals surface area contributed by atoms with Crippen molar-refractivity contribution in [1.82, 2.24) is 0 Å². The summed E-state index contributed by atoms with van der Waals surface area (Å²) >= 11 is 0. The summed E-state index contributed by atoms with van der Waals surface area (Å²) < 4.78 is 20.4. The third-order valence-corrected chi connectivity index (χ3v) is 10.1. The molecule has 2 unspecified atom stereocenters. The highest BCUT2D eigenvalue weighted by atomic mass is 16.6. The second-order valence-electron chi connectivity index (χ2n) is 16.4. The lowest BCUT2D eigenvalue weighted by Gasteiger charge is -2.36. The van der Waals surface area contributed by atoms with Crippen molar-refractivity contribution < 1.29 is 47.7 Å². The molecule has 0 aromatic carbocycles. The molecule has 0 heterocycles. The van der Waals surface area contributed by atoms with Crippen LogP contribution in [0.15, 0.2) is 154 Å². The molecular weight excluding hydrogens is 785 g/mol. The zero-order chi connectivity index (χ0) is 46.6. The van der Waals surface area contributed by atoms with Crippen LogP contribution in [0.3, 0.4) is 0 Å². The molecule has 62 heavy (non-hydrogen) atoms. The van der Waals surface area contributed by atoms with E-state index in [1.165, 1.54) is 0 Å². The Hall–Kier alpha value is -6.16. The fourth-order valence-electron chi connectivity index (χ4n) is 6.77. The predicted molar refractivity (Wildman–Crippen MR) is 244 cm³/mol. The Labute approximate surface area is 368 Å². The normalized spacial score (nSPS) is 20.6. The van der Waals surface area contributed by atoms with Crippen molar-refractivity contribution in [2.24, 2.45) is 10.8 Å². The molecule has 0 saturated heterocycles. The molecule has 10 heteroatoms. The van der Waals surface area contributed by atoms with Gasteiger partial charge in [0.1, 0.15) is 0 Å². The standard InChI is InChI=1S/C52H64O10/c1-13-59-45(53)29-31-47(55)61-43-33-51(9,10)41(39(7)49(43)57)27-25-37(5)23-17-21-35(3)19-15-16-20-36(4)22-18-24-38(6)26-28-42-40(8)50(58)44(34-52(42,11)12)62-48(56)32-30-46(54)60-14-2/h15-32,43-44H,13-14,33-34H2,1-12H3/b16-15+,21-17+,22-18+,27-25+,28-26+,31-29+,32-30+,35-19+,36-20+,37-23+,38-24+. The van der Waals surface area contributed by atoms with Crippen LogP contribution in [0.4, 0.5) is 0 Å². The van der Waals surface area contributed by atoms with Gasteiger partial charge < -0.3 is 18.9 Å². The van der Waals surface area contributed by atoms with E-state index in [1.54, 1.807) is 27.7 Å². The fraction of sp³-hybridized carbons (Fsp3) is 0.385. The van der Waals surface area contributed by atoms with Gasteiger partial charge in [0.05, 0.1) is 13.2 Å². The SMILES string of the molecule is CCOC(=O)/C=C/C(=O)OC1CC(C)(C)C(/C=C/C(C)=C/C=C/C(C)=C/C=C/C=C(C)/C=C/C=C(C)/C=C/C2=C(C)C(=O)C(OC(=O)/C=C/C(=O)OCC)CC2(C)C)=C(C)C1=O. The lowest BCUT2D eigenvalue weighted by molar-refractivity contribution is -0.151. The molecule has 0 amide bonds. The first-order valence-electron chi connectivity index (χ1n) is 20.8. The van der Waals surface area contributed by atoms with E-state index in [9.17, 15) is 28.8 Å². The second-order valence-corrected chi connectivity index (χ2v) is 16.4. The Morgan fingerprint density at radius 1 is 0.500 bits per heavy atom. The Kier molecular flexibility index (Phi) is 20.9. The van der Waals surface area contributed by atoms with Crippen molar-refractivity contribution in [2.75, 3.05) is 13.2 Å². The van der Waals surface area contributed by atoms with Crippen LogP contribution in [-0.4, -0.2) is 60.9 Å². The average Bonchev–Trinajstić information content (AvgIpc) is 3.18. The Bertz CT molecular complexity index is 1980. The molecule has 10 nitrogen and oxygen atoms in total. The molecule has 2 aliphatic rings. The summed E-state index contributed by atoms with van der Waals surface area (Å²) in [7, 11) is 0. The number of ether oxygens (including phenoxy) is 4. The number of ketones is 2. The summed E-state index contributed by atoms with van der Waals surface area (Å²) in [4.78, 5) is 73.8. The van der Waals surface area contributed by atoms with Crippen molar-refractivity contribution >= 4 is 35.4 Å².